The summed E-state index contributed by atoms with van der Waals surface area (Å²) in [6.07, 6.45) is -12.3. The molecule has 0 fully saturated rings. The maximum Gasteiger partial charge on any atom is 0.465 e. The quantitative estimate of drug-likeness (QED) is 0.293. The summed E-state index contributed by atoms with van der Waals surface area (Å²) in [5.74, 6) is -11.1. The molecule has 0 aliphatic rings. The van der Waals surface area contributed by atoms with E-state index in [1.165, 1.54) is 19.6 Å². The van der Waals surface area contributed by atoms with Crippen LogP contribution in [-0.2, 0) is 17.8 Å². The van der Waals surface area contributed by atoms with Gasteiger partial charge in [-0.1, -0.05) is 0 Å². The Balaban J connectivity index is 5.32. The monoisotopic (exact) mass is 434 g/mol. The van der Waals surface area contributed by atoms with Crippen molar-refractivity contribution < 1.29 is 61.7 Å². The molecule has 0 radical (unpaired) electrons. The van der Waals surface area contributed by atoms with Crippen LogP contribution < -0.4 is 0 Å². The van der Waals surface area contributed by atoms with Gasteiger partial charge in [0.15, 0.2) is 8.32 Å². The second kappa shape index (κ2) is 7.33. The van der Waals surface area contributed by atoms with Gasteiger partial charge in [-0.3, -0.25) is 9.05 Å². The maximum atomic E-state index is 12.8. The first-order chi connectivity index (χ1) is 10.6. The minimum atomic E-state index is -6.15. The fourth-order valence-electron chi connectivity index (χ4n) is 0.909. The molecule has 25 heavy (non-hydrogen) atoms. The van der Waals surface area contributed by atoms with Crippen molar-refractivity contribution in [2.75, 3.05) is 13.2 Å². The number of rotatable bonds is 8. The molecule has 16 heteroatoms. The van der Waals surface area contributed by atoms with Gasteiger partial charge in [0.25, 0.3) is 0 Å². The molecule has 0 aromatic heterocycles. The second-order valence-electron chi connectivity index (χ2n) is 5.60. The van der Waals surface area contributed by atoms with Gasteiger partial charge in [0, 0.05) is 0 Å². The lowest BCUT2D eigenvalue weighted by Gasteiger charge is -2.28. The highest BCUT2D eigenvalue weighted by Gasteiger charge is 2.61. The van der Waals surface area contributed by atoms with Gasteiger partial charge in [-0.15, -0.1) is 0 Å². The van der Waals surface area contributed by atoms with E-state index in [1.807, 2.05) is 0 Å². The van der Waals surface area contributed by atoms with Crippen molar-refractivity contribution >= 4 is 16.1 Å². The molecule has 0 spiro atoms. The van der Waals surface area contributed by atoms with Crippen molar-refractivity contribution in [2.24, 2.45) is 0 Å². The van der Waals surface area contributed by atoms with Crippen LogP contribution in [0.2, 0.25) is 19.6 Å². The lowest BCUT2D eigenvalue weighted by molar-refractivity contribution is -0.295. The third-order valence-corrected chi connectivity index (χ3v) is 6.00. The molecule has 0 saturated carbocycles. The van der Waals surface area contributed by atoms with Crippen molar-refractivity contribution in [1.82, 2.24) is 0 Å². The highest BCUT2D eigenvalue weighted by Crippen LogP contribution is 2.55. The zero-order valence-electron chi connectivity index (χ0n) is 12.8. The zero-order chi connectivity index (χ0) is 20.5. The van der Waals surface area contributed by atoms with Crippen LogP contribution in [0.1, 0.15) is 0 Å². The van der Waals surface area contributed by atoms with E-state index in [-0.39, 0.29) is 0 Å². The number of phosphoric ester groups is 1. The molecule has 0 saturated heterocycles. The molecular weight excluding hydrogens is 421 g/mol. The van der Waals surface area contributed by atoms with Crippen LogP contribution in [0, 0.1) is 0 Å². The van der Waals surface area contributed by atoms with Crippen molar-refractivity contribution in [3.05, 3.63) is 0 Å². The molecule has 0 N–H and O–H groups in total. The predicted molar refractivity (Wildman–Crippen MR) is 65.9 cm³/mol. The molecular formula is C9H13F10O4PSi. The SMILES string of the molecule is C[Si](C)(C)OP(=O)(OCC(F)(F)C(F)(F)F)OCC(F)(F)C(F)(F)F. The van der Waals surface area contributed by atoms with Gasteiger partial charge in [0.2, 0.25) is 0 Å². The number of alkyl halides is 10. The van der Waals surface area contributed by atoms with E-state index in [1.54, 1.807) is 0 Å². The fraction of sp³-hybridized carbons (Fsp3) is 1.00. The summed E-state index contributed by atoms with van der Waals surface area (Å²) in [6, 6.07) is 0. The summed E-state index contributed by atoms with van der Waals surface area (Å²) in [6.45, 7) is -1.78. The molecule has 0 rings (SSSR count). The largest absolute Gasteiger partial charge is 0.465 e. The topological polar surface area (TPSA) is 44.8 Å². The highest BCUT2D eigenvalue weighted by atomic mass is 31.2. The van der Waals surface area contributed by atoms with E-state index in [0.717, 1.165) is 0 Å². The third kappa shape index (κ3) is 7.81. The Morgan fingerprint density at radius 2 is 1.00 bits per heavy atom. The van der Waals surface area contributed by atoms with E-state index >= 15 is 0 Å². The summed E-state index contributed by atoms with van der Waals surface area (Å²) in [5.41, 5.74) is 0. The van der Waals surface area contributed by atoms with Gasteiger partial charge in [0.05, 0.1) is 0 Å². The van der Waals surface area contributed by atoms with Crippen molar-refractivity contribution in [3.8, 4) is 0 Å². The average Bonchev–Trinajstić information content (AvgIpc) is 2.30. The molecule has 0 bridgehead atoms. The number of hydrogen-bond donors (Lipinski definition) is 0. The van der Waals surface area contributed by atoms with Gasteiger partial charge >= 0.3 is 32.0 Å². The molecule has 0 aliphatic heterocycles. The Bertz CT molecular complexity index is 464. The van der Waals surface area contributed by atoms with E-state index < -0.39 is 53.6 Å². The van der Waals surface area contributed by atoms with Gasteiger partial charge in [0.1, 0.15) is 13.2 Å². The Labute approximate surface area is 136 Å². The normalized spacial score (nSPS) is 15.6. The smallest absolute Gasteiger partial charge is 0.330 e. The highest BCUT2D eigenvalue weighted by molar-refractivity contribution is 7.50. The molecule has 0 atom stereocenters. The molecule has 0 amide bonds. The molecule has 0 aromatic rings. The minimum Gasteiger partial charge on any atom is -0.330 e. The van der Waals surface area contributed by atoms with Crippen LogP contribution in [0.4, 0.5) is 43.9 Å². The maximum absolute atomic E-state index is 12.8. The lowest BCUT2D eigenvalue weighted by atomic mass is 10.3. The Kier molecular flexibility index (Phi) is 7.22. The summed E-state index contributed by atoms with van der Waals surface area (Å²) in [7, 11) is -8.71. The Morgan fingerprint density at radius 1 is 0.720 bits per heavy atom. The van der Waals surface area contributed by atoms with Gasteiger partial charge in [-0.25, -0.2) is 4.57 Å². The molecule has 152 valence electrons. The summed E-state index contributed by atoms with van der Waals surface area (Å²) in [5, 5.41) is 0. The van der Waals surface area contributed by atoms with Crippen LogP contribution in [0.5, 0.6) is 0 Å². The fourth-order valence-corrected chi connectivity index (χ4v) is 4.73. The first-order valence-electron chi connectivity index (χ1n) is 6.11. The summed E-state index contributed by atoms with van der Waals surface area (Å²) >= 11 is 0. The summed E-state index contributed by atoms with van der Waals surface area (Å²) < 4.78 is 147. The molecule has 0 unspecified atom stereocenters. The molecule has 0 aliphatic carbocycles. The number of phosphoric acid groups is 1. The van der Waals surface area contributed by atoms with E-state index in [9.17, 15) is 48.5 Å². The summed E-state index contributed by atoms with van der Waals surface area (Å²) in [4.78, 5) is 0. The molecule has 4 nitrogen and oxygen atoms in total. The third-order valence-electron chi connectivity index (χ3n) is 2.02. The minimum absolute atomic E-state index is 1.18. The van der Waals surface area contributed by atoms with E-state index in [2.05, 4.69) is 13.3 Å². The second-order valence-corrected chi connectivity index (χ2v) is 12.0. The Morgan fingerprint density at radius 3 is 1.20 bits per heavy atom. The van der Waals surface area contributed by atoms with Crippen LogP contribution >= 0.6 is 7.82 Å². The predicted octanol–water partition coefficient (Wildman–Crippen LogP) is 5.37. The van der Waals surface area contributed by atoms with E-state index in [0.29, 0.717) is 0 Å². The van der Waals surface area contributed by atoms with Crippen molar-refractivity contribution in [3.63, 3.8) is 0 Å². The standard InChI is InChI=1S/C9H13F10O4PSi/c1-25(2,3)23-24(20,21-4-6(10,11)8(14,15)16)22-5-7(12,13)9(17,18)19/h4-5H2,1-3H3. The van der Waals surface area contributed by atoms with Gasteiger partial charge in [-0.2, -0.15) is 43.9 Å². The van der Waals surface area contributed by atoms with Crippen LogP contribution in [0.3, 0.4) is 0 Å². The van der Waals surface area contributed by atoms with Gasteiger partial charge in [-0.05, 0) is 19.6 Å². The zero-order valence-corrected chi connectivity index (χ0v) is 14.7. The number of halogens is 10. The first-order valence-corrected chi connectivity index (χ1v) is 11.0. The van der Waals surface area contributed by atoms with Crippen LogP contribution in [0.25, 0.3) is 0 Å². The number of hydrogen-bond acceptors (Lipinski definition) is 4. The van der Waals surface area contributed by atoms with E-state index in [4.69, 9.17) is 0 Å². The van der Waals surface area contributed by atoms with Crippen LogP contribution in [-0.4, -0.2) is 45.7 Å². The Hall–Kier alpha value is -0.373. The van der Waals surface area contributed by atoms with Gasteiger partial charge < -0.3 is 4.21 Å². The van der Waals surface area contributed by atoms with Crippen LogP contribution in [0.15, 0.2) is 0 Å². The first kappa shape index (κ1) is 24.6. The van der Waals surface area contributed by atoms with Crippen molar-refractivity contribution in [2.45, 2.75) is 43.8 Å². The van der Waals surface area contributed by atoms with Crippen molar-refractivity contribution in [1.29, 1.82) is 0 Å². The average molecular weight is 434 g/mol. The molecule has 0 aromatic carbocycles. The lowest BCUT2D eigenvalue weighted by Crippen LogP contribution is -2.42. The molecule has 0 heterocycles.